The van der Waals surface area contributed by atoms with Gasteiger partial charge in [-0.2, -0.15) is 0 Å². The molecule has 0 saturated carbocycles. The quantitative estimate of drug-likeness (QED) is 0.759. The van der Waals surface area contributed by atoms with Crippen molar-refractivity contribution in [2.45, 2.75) is 44.9 Å². The van der Waals surface area contributed by atoms with E-state index in [9.17, 15) is 14.7 Å². The summed E-state index contributed by atoms with van der Waals surface area (Å²) in [4.78, 5) is 24.0. The van der Waals surface area contributed by atoms with E-state index >= 15 is 0 Å². The highest BCUT2D eigenvalue weighted by Gasteiger charge is 2.37. The van der Waals surface area contributed by atoms with Crippen LogP contribution in [-0.2, 0) is 25.5 Å². The average molecular weight is 323 g/mol. The number of hydrogen-bond donors (Lipinski definition) is 2. The molecular formula is C17H25NO5. The Hall–Kier alpha value is -1.92. The van der Waals surface area contributed by atoms with E-state index in [0.29, 0.717) is 0 Å². The highest BCUT2D eigenvalue weighted by molar-refractivity contribution is 5.79. The highest BCUT2D eigenvalue weighted by atomic mass is 16.6. The Labute approximate surface area is 136 Å². The predicted octanol–water partition coefficient (Wildman–Crippen LogP) is 1.05. The van der Waals surface area contributed by atoms with E-state index in [1.165, 1.54) is 7.11 Å². The number of methoxy groups -OCH3 is 1. The molecule has 0 spiro atoms. The second kappa shape index (κ2) is 8.08. The fourth-order valence-electron chi connectivity index (χ4n) is 2.11. The van der Waals surface area contributed by atoms with Crippen molar-refractivity contribution >= 4 is 11.9 Å². The van der Waals surface area contributed by atoms with Gasteiger partial charge >= 0.3 is 11.9 Å². The predicted molar refractivity (Wildman–Crippen MR) is 85.5 cm³/mol. The van der Waals surface area contributed by atoms with E-state index in [1.807, 2.05) is 30.3 Å². The molecule has 0 amide bonds. The number of aliphatic hydroxyl groups is 1. The molecular weight excluding hydrogens is 298 g/mol. The number of aliphatic hydroxyl groups excluding tert-OH is 1. The number of ether oxygens (including phenoxy) is 2. The summed E-state index contributed by atoms with van der Waals surface area (Å²) in [5.74, 6) is -2.35. The minimum atomic E-state index is -1.41. The molecule has 0 fully saturated rings. The van der Waals surface area contributed by atoms with Crippen LogP contribution in [0, 0.1) is 5.92 Å². The standard InChI is InChI=1S/C17H25NO5/c1-17(2,3)23-15(20)12(10-11-8-6-5-7-9-11)14(19)13(18)16(21)22-4/h5-9,12-14,19H,10,18H2,1-4H3/t12-,13?,14-/m0/s1. The molecule has 0 bridgehead atoms. The van der Waals surface area contributed by atoms with Crippen molar-refractivity contribution in [1.82, 2.24) is 0 Å². The van der Waals surface area contributed by atoms with Crippen molar-refractivity contribution in [1.29, 1.82) is 0 Å². The van der Waals surface area contributed by atoms with Gasteiger partial charge in [0.1, 0.15) is 11.6 Å². The van der Waals surface area contributed by atoms with Crippen LogP contribution in [0.25, 0.3) is 0 Å². The molecule has 6 heteroatoms. The first kappa shape index (κ1) is 19.1. The van der Waals surface area contributed by atoms with Crippen LogP contribution >= 0.6 is 0 Å². The van der Waals surface area contributed by atoms with Crippen LogP contribution in [0.15, 0.2) is 30.3 Å². The van der Waals surface area contributed by atoms with Gasteiger partial charge in [0.2, 0.25) is 0 Å². The smallest absolute Gasteiger partial charge is 0.325 e. The third-order valence-electron chi connectivity index (χ3n) is 3.26. The first-order chi connectivity index (χ1) is 10.7. The van der Waals surface area contributed by atoms with Crippen molar-refractivity contribution in [3.8, 4) is 0 Å². The van der Waals surface area contributed by atoms with Crippen LogP contribution in [0.1, 0.15) is 26.3 Å². The second-order valence-corrected chi connectivity index (χ2v) is 6.37. The van der Waals surface area contributed by atoms with Crippen LogP contribution in [0.2, 0.25) is 0 Å². The van der Waals surface area contributed by atoms with Crippen molar-refractivity contribution in [2.24, 2.45) is 11.7 Å². The maximum atomic E-state index is 12.4. The van der Waals surface area contributed by atoms with Crippen LogP contribution in [0.3, 0.4) is 0 Å². The summed E-state index contributed by atoms with van der Waals surface area (Å²) < 4.78 is 9.89. The zero-order valence-corrected chi connectivity index (χ0v) is 14.0. The number of esters is 2. The van der Waals surface area contributed by atoms with Crippen molar-refractivity contribution in [3.63, 3.8) is 0 Å². The summed E-state index contributed by atoms with van der Waals surface area (Å²) >= 11 is 0. The lowest BCUT2D eigenvalue weighted by atomic mass is 9.90. The van der Waals surface area contributed by atoms with Gasteiger partial charge in [-0.15, -0.1) is 0 Å². The second-order valence-electron chi connectivity index (χ2n) is 6.37. The van der Waals surface area contributed by atoms with Gasteiger partial charge in [-0.3, -0.25) is 9.59 Å². The molecule has 1 unspecified atom stereocenters. The molecule has 0 heterocycles. The molecule has 0 radical (unpaired) electrons. The summed E-state index contributed by atoms with van der Waals surface area (Å²) in [6.07, 6.45) is -1.20. The molecule has 0 aliphatic rings. The fraction of sp³-hybridized carbons (Fsp3) is 0.529. The summed E-state index contributed by atoms with van der Waals surface area (Å²) in [5, 5.41) is 10.4. The minimum absolute atomic E-state index is 0.210. The molecule has 1 aromatic carbocycles. The lowest BCUT2D eigenvalue weighted by Gasteiger charge is -2.28. The lowest BCUT2D eigenvalue weighted by Crippen LogP contribution is -2.50. The highest BCUT2D eigenvalue weighted by Crippen LogP contribution is 2.20. The zero-order valence-electron chi connectivity index (χ0n) is 14.0. The first-order valence-electron chi connectivity index (χ1n) is 7.44. The number of rotatable bonds is 6. The van der Waals surface area contributed by atoms with Crippen LogP contribution in [0.4, 0.5) is 0 Å². The molecule has 6 nitrogen and oxygen atoms in total. The molecule has 3 atom stereocenters. The number of hydrogen-bond acceptors (Lipinski definition) is 6. The maximum absolute atomic E-state index is 12.4. The minimum Gasteiger partial charge on any atom is -0.468 e. The van der Waals surface area contributed by atoms with Crippen LogP contribution in [-0.4, -0.2) is 41.9 Å². The molecule has 0 saturated heterocycles. The van der Waals surface area contributed by atoms with Crippen molar-refractivity contribution < 1.29 is 24.2 Å². The number of carbonyl (C=O) groups excluding carboxylic acids is 2. The Morgan fingerprint density at radius 2 is 1.74 bits per heavy atom. The molecule has 128 valence electrons. The van der Waals surface area contributed by atoms with Gasteiger partial charge in [0.25, 0.3) is 0 Å². The number of benzene rings is 1. The van der Waals surface area contributed by atoms with Gasteiger partial charge in [0.15, 0.2) is 0 Å². The number of carbonyl (C=O) groups is 2. The van der Waals surface area contributed by atoms with Crippen LogP contribution < -0.4 is 5.73 Å². The van der Waals surface area contributed by atoms with E-state index < -0.39 is 35.6 Å². The summed E-state index contributed by atoms with van der Waals surface area (Å²) in [6.45, 7) is 5.20. The van der Waals surface area contributed by atoms with E-state index in [4.69, 9.17) is 10.5 Å². The Morgan fingerprint density at radius 3 is 2.22 bits per heavy atom. The molecule has 0 aliphatic heterocycles. The fourth-order valence-corrected chi connectivity index (χ4v) is 2.11. The van der Waals surface area contributed by atoms with E-state index in [0.717, 1.165) is 5.56 Å². The molecule has 0 aliphatic carbocycles. The van der Waals surface area contributed by atoms with Crippen molar-refractivity contribution in [2.75, 3.05) is 7.11 Å². The molecule has 1 aromatic rings. The van der Waals surface area contributed by atoms with Crippen LogP contribution in [0.5, 0.6) is 0 Å². The third kappa shape index (κ3) is 6.00. The normalized spacial score (nSPS) is 15.4. The van der Waals surface area contributed by atoms with E-state index in [1.54, 1.807) is 20.8 Å². The van der Waals surface area contributed by atoms with Gasteiger partial charge < -0.3 is 20.3 Å². The molecule has 3 N–H and O–H groups in total. The summed E-state index contributed by atoms with van der Waals surface area (Å²) in [5.41, 5.74) is 5.82. The summed E-state index contributed by atoms with van der Waals surface area (Å²) in [6, 6.07) is 7.84. The van der Waals surface area contributed by atoms with Gasteiger partial charge in [0, 0.05) is 0 Å². The first-order valence-corrected chi connectivity index (χ1v) is 7.44. The van der Waals surface area contributed by atoms with E-state index in [2.05, 4.69) is 4.74 Å². The molecule has 0 aromatic heterocycles. The zero-order chi connectivity index (χ0) is 17.6. The van der Waals surface area contributed by atoms with Gasteiger partial charge in [0.05, 0.1) is 19.1 Å². The van der Waals surface area contributed by atoms with E-state index in [-0.39, 0.29) is 6.42 Å². The van der Waals surface area contributed by atoms with Gasteiger partial charge in [-0.1, -0.05) is 30.3 Å². The van der Waals surface area contributed by atoms with Gasteiger partial charge in [-0.05, 0) is 32.8 Å². The lowest BCUT2D eigenvalue weighted by molar-refractivity contribution is -0.165. The summed E-state index contributed by atoms with van der Waals surface area (Å²) in [7, 11) is 1.18. The van der Waals surface area contributed by atoms with Gasteiger partial charge in [-0.25, -0.2) is 0 Å². The Balaban J connectivity index is 3.00. The van der Waals surface area contributed by atoms with Crippen molar-refractivity contribution in [3.05, 3.63) is 35.9 Å². The Bertz CT molecular complexity index is 524. The number of nitrogens with two attached hydrogens (primary N) is 1. The molecule has 1 rings (SSSR count). The topological polar surface area (TPSA) is 98.9 Å². The largest absolute Gasteiger partial charge is 0.468 e. The third-order valence-corrected chi connectivity index (χ3v) is 3.26. The average Bonchev–Trinajstić information content (AvgIpc) is 2.49. The SMILES string of the molecule is COC(=O)C(N)[C@@H](O)[C@H](Cc1ccccc1)C(=O)OC(C)(C)C. The molecule has 23 heavy (non-hydrogen) atoms. The Morgan fingerprint density at radius 1 is 1.17 bits per heavy atom. The Kier molecular flexibility index (Phi) is 6.72. The monoisotopic (exact) mass is 323 g/mol. The maximum Gasteiger partial charge on any atom is 0.325 e.